The lowest BCUT2D eigenvalue weighted by atomic mass is 9.51. The number of allylic oxidation sites excluding steroid dienone is 2. The summed E-state index contributed by atoms with van der Waals surface area (Å²) in [5.74, 6) is 0.497. The first kappa shape index (κ1) is 13.4. The van der Waals surface area contributed by atoms with Crippen LogP contribution in [0.3, 0.4) is 0 Å². The van der Waals surface area contributed by atoms with Crippen molar-refractivity contribution in [2.24, 2.45) is 23.2 Å². The summed E-state index contributed by atoms with van der Waals surface area (Å²) < 4.78 is 0. The molecule has 0 aromatic heterocycles. The molecule has 0 bridgehead atoms. The van der Waals surface area contributed by atoms with E-state index in [9.17, 15) is 14.7 Å². The Labute approximate surface area is 125 Å². The van der Waals surface area contributed by atoms with Crippen LogP contribution < -0.4 is 0 Å². The van der Waals surface area contributed by atoms with E-state index in [0.29, 0.717) is 11.5 Å². The third kappa shape index (κ3) is 1.70. The fourth-order valence-electron chi connectivity index (χ4n) is 5.58. The molecule has 0 amide bonds. The predicted molar refractivity (Wildman–Crippen MR) is 78.5 cm³/mol. The zero-order chi connectivity index (χ0) is 14.8. The lowest BCUT2D eigenvalue weighted by Crippen LogP contribution is -2.56. The van der Waals surface area contributed by atoms with Gasteiger partial charge in [0.2, 0.25) is 0 Å². The van der Waals surface area contributed by atoms with E-state index in [-0.39, 0.29) is 35.2 Å². The van der Waals surface area contributed by atoms with Crippen LogP contribution in [0.15, 0.2) is 23.8 Å². The Bertz CT molecular complexity index is 587. The number of carbonyl (C=O) groups excluding carboxylic acids is 2. The van der Waals surface area contributed by atoms with Gasteiger partial charge in [0.15, 0.2) is 5.78 Å². The number of rotatable bonds is 0. The third-order valence-corrected chi connectivity index (χ3v) is 6.69. The lowest BCUT2D eigenvalue weighted by molar-refractivity contribution is -0.142. The summed E-state index contributed by atoms with van der Waals surface area (Å²) in [4.78, 5) is 24.3. The van der Waals surface area contributed by atoms with Gasteiger partial charge in [-0.1, -0.05) is 13.3 Å². The lowest BCUT2D eigenvalue weighted by Gasteiger charge is -2.54. The molecule has 112 valence electrons. The Morgan fingerprint density at radius 1 is 1.19 bits per heavy atom. The molecular formula is C18H22O3. The molecule has 0 aliphatic heterocycles. The van der Waals surface area contributed by atoms with Gasteiger partial charge in [0, 0.05) is 18.3 Å². The maximum absolute atomic E-state index is 12.7. The molecule has 3 nitrogen and oxygen atoms in total. The van der Waals surface area contributed by atoms with Crippen molar-refractivity contribution in [3.05, 3.63) is 23.8 Å². The Hall–Kier alpha value is -1.22. The summed E-state index contributed by atoms with van der Waals surface area (Å²) in [7, 11) is 0. The average molecular weight is 286 g/mol. The normalized spacial score (nSPS) is 48.5. The quantitative estimate of drug-likeness (QED) is 0.744. The Kier molecular flexibility index (Phi) is 2.66. The molecule has 3 heteroatoms. The second-order valence-electron chi connectivity index (χ2n) is 7.70. The molecule has 1 unspecified atom stereocenters. The van der Waals surface area contributed by atoms with Gasteiger partial charge >= 0.3 is 0 Å². The minimum Gasteiger partial charge on any atom is -0.381 e. The first-order valence-corrected chi connectivity index (χ1v) is 8.13. The van der Waals surface area contributed by atoms with E-state index < -0.39 is 5.60 Å². The molecule has 3 saturated carbocycles. The minimum atomic E-state index is -1.06. The standard InChI is InChI=1S/C18H22O3/c1-17-6-2-3-13(17)16-14(5-7-17)18(21)8-4-12(19)9-11(18)10-15(16)20/h4,8-9,13-14,16,21H,2-3,5-7,10H2,1H3/t13-,14-,16-,17-,18?/m0/s1. The topological polar surface area (TPSA) is 54.4 Å². The highest BCUT2D eigenvalue weighted by Gasteiger charge is 2.59. The van der Waals surface area contributed by atoms with Gasteiger partial charge in [0.25, 0.3) is 0 Å². The van der Waals surface area contributed by atoms with Crippen molar-refractivity contribution in [3.63, 3.8) is 0 Å². The molecule has 5 atom stereocenters. The van der Waals surface area contributed by atoms with E-state index in [1.54, 1.807) is 6.08 Å². The summed E-state index contributed by atoms with van der Waals surface area (Å²) in [5, 5.41) is 11.2. The Balaban J connectivity index is 1.77. The zero-order valence-corrected chi connectivity index (χ0v) is 12.5. The summed E-state index contributed by atoms with van der Waals surface area (Å²) >= 11 is 0. The summed E-state index contributed by atoms with van der Waals surface area (Å²) in [6.07, 6.45) is 10.4. The third-order valence-electron chi connectivity index (χ3n) is 6.69. The van der Waals surface area contributed by atoms with Crippen molar-refractivity contribution in [3.8, 4) is 0 Å². The van der Waals surface area contributed by atoms with E-state index in [0.717, 1.165) is 19.3 Å². The molecule has 0 heterocycles. The van der Waals surface area contributed by atoms with Crippen LogP contribution in [0.2, 0.25) is 0 Å². The van der Waals surface area contributed by atoms with Crippen LogP contribution in [0.1, 0.15) is 45.4 Å². The summed E-state index contributed by atoms with van der Waals surface area (Å²) in [5.41, 5.74) is -0.151. The van der Waals surface area contributed by atoms with Crippen molar-refractivity contribution in [1.82, 2.24) is 0 Å². The molecule has 21 heavy (non-hydrogen) atoms. The highest BCUT2D eigenvalue weighted by molar-refractivity contribution is 6.03. The van der Waals surface area contributed by atoms with Crippen LogP contribution in [0.4, 0.5) is 0 Å². The SMILES string of the molecule is C[C@@]12CCC[C@H]1[C@@H]1C(=O)CC3=CC(=O)C=CC3(O)[C@H]1CC2. The van der Waals surface area contributed by atoms with Gasteiger partial charge in [-0.3, -0.25) is 9.59 Å². The van der Waals surface area contributed by atoms with Crippen molar-refractivity contribution in [2.45, 2.75) is 51.0 Å². The fraction of sp³-hybridized carbons (Fsp3) is 0.667. The molecule has 0 radical (unpaired) electrons. The Morgan fingerprint density at radius 2 is 2.00 bits per heavy atom. The van der Waals surface area contributed by atoms with Gasteiger partial charge in [0.05, 0.1) is 0 Å². The molecule has 0 aromatic carbocycles. The molecule has 0 aromatic rings. The summed E-state index contributed by atoms with van der Waals surface area (Å²) in [6, 6.07) is 0. The highest BCUT2D eigenvalue weighted by Crippen LogP contribution is 2.61. The first-order chi connectivity index (χ1) is 9.94. The number of carbonyl (C=O) groups is 2. The van der Waals surface area contributed by atoms with Crippen molar-refractivity contribution in [2.75, 3.05) is 0 Å². The number of fused-ring (bicyclic) bond motifs is 5. The van der Waals surface area contributed by atoms with Gasteiger partial charge in [0.1, 0.15) is 11.4 Å². The van der Waals surface area contributed by atoms with E-state index >= 15 is 0 Å². The molecule has 0 spiro atoms. The predicted octanol–water partition coefficient (Wildman–Crippen LogP) is 2.59. The van der Waals surface area contributed by atoms with Crippen LogP contribution in [0.5, 0.6) is 0 Å². The van der Waals surface area contributed by atoms with Crippen molar-refractivity contribution >= 4 is 11.6 Å². The van der Waals surface area contributed by atoms with E-state index in [1.807, 2.05) is 0 Å². The smallest absolute Gasteiger partial charge is 0.178 e. The second-order valence-corrected chi connectivity index (χ2v) is 7.70. The van der Waals surface area contributed by atoms with Crippen molar-refractivity contribution in [1.29, 1.82) is 0 Å². The molecule has 3 fully saturated rings. The van der Waals surface area contributed by atoms with Crippen LogP contribution in [0, 0.1) is 23.2 Å². The monoisotopic (exact) mass is 286 g/mol. The molecule has 0 saturated heterocycles. The molecular weight excluding hydrogens is 264 g/mol. The second kappa shape index (κ2) is 4.16. The van der Waals surface area contributed by atoms with Crippen LogP contribution in [-0.2, 0) is 9.59 Å². The van der Waals surface area contributed by atoms with Crippen molar-refractivity contribution < 1.29 is 14.7 Å². The number of ketones is 2. The van der Waals surface area contributed by atoms with E-state index in [1.165, 1.54) is 25.0 Å². The number of hydrogen-bond acceptors (Lipinski definition) is 3. The van der Waals surface area contributed by atoms with Crippen LogP contribution in [-0.4, -0.2) is 22.3 Å². The zero-order valence-electron chi connectivity index (χ0n) is 12.5. The Morgan fingerprint density at radius 3 is 2.81 bits per heavy atom. The first-order valence-electron chi connectivity index (χ1n) is 8.13. The number of hydrogen-bond donors (Lipinski definition) is 1. The van der Waals surface area contributed by atoms with E-state index in [2.05, 4.69) is 6.92 Å². The number of Topliss-reactive ketones (excluding diaryl/α,β-unsaturated/α-hetero) is 1. The fourth-order valence-corrected chi connectivity index (χ4v) is 5.58. The van der Waals surface area contributed by atoms with Gasteiger partial charge in [-0.15, -0.1) is 0 Å². The van der Waals surface area contributed by atoms with Crippen LogP contribution in [0.25, 0.3) is 0 Å². The van der Waals surface area contributed by atoms with E-state index in [4.69, 9.17) is 0 Å². The maximum atomic E-state index is 12.7. The van der Waals surface area contributed by atoms with Gasteiger partial charge in [-0.25, -0.2) is 0 Å². The average Bonchev–Trinajstić information content (AvgIpc) is 2.82. The minimum absolute atomic E-state index is 0.0220. The number of aliphatic hydroxyl groups is 1. The molecule has 4 rings (SSSR count). The molecule has 4 aliphatic carbocycles. The summed E-state index contributed by atoms with van der Waals surface area (Å²) in [6.45, 7) is 2.32. The maximum Gasteiger partial charge on any atom is 0.178 e. The van der Waals surface area contributed by atoms with Gasteiger partial charge in [-0.2, -0.15) is 0 Å². The highest BCUT2D eigenvalue weighted by atomic mass is 16.3. The largest absolute Gasteiger partial charge is 0.381 e. The van der Waals surface area contributed by atoms with Gasteiger partial charge < -0.3 is 5.11 Å². The molecule has 4 aliphatic rings. The van der Waals surface area contributed by atoms with Gasteiger partial charge in [-0.05, 0) is 60.8 Å². The van der Waals surface area contributed by atoms with Crippen LogP contribution >= 0.6 is 0 Å². The molecule has 1 N–H and O–H groups in total.